The van der Waals surface area contributed by atoms with Crippen molar-refractivity contribution in [2.75, 3.05) is 13.2 Å². The molecule has 0 aliphatic rings. The number of rotatable bonds is 5. The molecular formula is C6H9F2N3OS. The highest BCUT2D eigenvalue weighted by molar-refractivity contribution is 7.71. The first-order valence-corrected chi connectivity index (χ1v) is 4.06. The van der Waals surface area contributed by atoms with E-state index in [4.69, 9.17) is 12.2 Å². The normalized spacial score (nSPS) is 11.0. The van der Waals surface area contributed by atoms with Gasteiger partial charge < -0.3 is 9.30 Å². The van der Waals surface area contributed by atoms with E-state index in [1.165, 1.54) is 6.33 Å². The Morgan fingerprint density at radius 1 is 1.69 bits per heavy atom. The third-order valence-electron chi connectivity index (χ3n) is 1.34. The van der Waals surface area contributed by atoms with Gasteiger partial charge in [0.2, 0.25) is 0 Å². The Labute approximate surface area is 78.5 Å². The highest BCUT2D eigenvalue weighted by Crippen LogP contribution is 1.93. The van der Waals surface area contributed by atoms with E-state index < -0.39 is 13.0 Å². The summed E-state index contributed by atoms with van der Waals surface area (Å²) in [6.45, 7) is 0.103. The molecule has 7 heteroatoms. The monoisotopic (exact) mass is 209 g/mol. The standard InChI is InChI=1S/C6H9F2N3OS/c7-5(8)3-12-2-1-11-4-9-10-6(11)13/h4-5H,1-3H2,(H,10,13). The summed E-state index contributed by atoms with van der Waals surface area (Å²) in [5.41, 5.74) is 0. The van der Waals surface area contributed by atoms with E-state index in [0.29, 0.717) is 11.3 Å². The Bertz CT molecular complexity index is 298. The molecule has 0 aliphatic heterocycles. The molecule has 0 unspecified atom stereocenters. The Hall–Kier alpha value is -0.820. The van der Waals surface area contributed by atoms with Crippen molar-refractivity contribution in [2.24, 2.45) is 0 Å². The number of hydrogen-bond acceptors (Lipinski definition) is 3. The quantitative estimate of drug-likeness (QED) is 0.585. The number of halogens is 2. The molecule has 0 saturated carbocycles. The van der Waals surface area contributed by atoms with Crippen molar-refractivity contribution in [1.82, 2.24) is 14.8 Å². The second-order valence-corrected chi connectivity index (χ2v) is 2.71. The van der Waals surface area contributed by atoms with E-state index in [-0.39, 0.29) is 6.61 Å². The summed E-state index contributed by atoms with van der Waals surface area (Å²) in [6, 6.07) is 0. The summed E-state index contributed by atoms with van der Waals surface area (Å²) in [5, 5.41) is 6.21. The van der Waals surface area contributed by atoms with Gasteiger partial charge in [0.15, 0.2) is 4.77 Å². The third kappa shape index (κ3) is 3.60. The van der Waals surface area contributed by atoms with Crippen LogP contribution >= 0.6 is 12.2 Å². The van der Waals surface area contributed by atoms with Crippen LogP contribution in [0.5, 0.6) is 0 Å². The Morgan fingerprint density at radius 3 is 3.00 bits per heavy atom. The molecule has 0 aliphatic carbocycles. The van der Waals surface area contributed by atoms with Crippen molar-refractivity contribution >= 4 is 12.2 Å². The van der Waals surface area contributed by atoms with Crippen LogP contribution in [0.4, 0.5) is 8.78 Å². The highest BCUT2D eigenvalue weighted by atomic mass is 32.1. The fourth-order valence-electron chi connectivity index (χ4n) is 0.765. The maximum Gasteiger partial charge on any atom is 0.261 e. The number of nitrogens with one attached hydrogen (secondary N) is 1. The van der Waals surface area contributed by atoms with Crippen LogP contribution in [0.1, 0.15) is 0 Å². The van der Waals surface area contributed by atoms with Crippen LogP contribution in [0, 0.1) is 4.77 Å². The third-order valence-corrected chi connectivity index (χ3v) is 1.66. The lowest BCUT2D eigenvalue weighted by atomic mass is 10.6. The smallest absolute Gasteiger partial charge is 0.261 e. The van der Waals surface area contributed by atoms with Gasteiger partial charge in [-0.15, -0.1) is 0 Å². The molecule has 74 valence electrons. The SMILES string of the molecule is FC(F)COCCn1cn[nH]c1=S. The molecule has 0 amide bonds. The first-order chi connectivity index (χ1) is 6.20. The zero-order chi connectivity index (χ0) is 9.68. The number of hydrogen-bond donors (Lipinski definition) is 1. The Kier molecular flexibility index (Phi) is 3.97. The number of aromatic amines is 1. The van der Waals surface area contributed by atoms with Crippen LogP contribution in [0.3, 0.4) is 0 Å². The molecule has 1 N–H and O–H groups in total. The van der Waals surface area contributed by atoms with Crippen molar-refractivity contribution in [2.45, 2.75) is 13.0 Å². The minimum Gasteiger partial charge on any atom is -0.374 e. The molecule has 1 heterocycles. The maximum atomic E-state index is 11.6. The topological polar surface area (TPSA) is 42.8 Å². The number of H-pyrrole nitrogens is 1. The van der Waals surface area contributed by atoms with Crippen molar-refractivity contribution in [3.05, 3.63) is 11.1 Å². The van der Waals surface area contributed by atoms with E-state index in [2.05, 4.69) is 14.9 Å². The zero-order valence-corrected chi connectivity index (χ0v) is 7.56. The minimum atomic E-state index is -2.42. The summed E-state index contributed by atoms with van der Waals surface area (Å²) in [7, 11) is 0. The number of ether oxygens (including phenoxy) is 1. The van der Waals surface area contributed by atoms with E-state index in [1.807, 2.05) is 0 Å². The van der Waals surface area contributed by atoms with E-state index in [1.54, 1.807) is 4.57 Å². The van der Waals surface area contributed by atoms with Crippen LogP contribution in [-0.2, 0) is 11.3 Å². The minimum absolute atomic E-state index is 0.207. The fourth-order valence-corrected chi connectivity index (χ4v) is 0.956. The van der Waals surface area contributed by atoms with Gasteiger partial charge >= 0.3 is 0 Å². The van der Waals surface area contributed by atoms with Gasteiger partial charge in [0.25, 0.3) is 6.43 Å². The average Bonchev–Trinajstić information content (AvgIpc) is 2.45. The van der Waals surface area contributed by atoms with Gasteiger partial charge in [0.05, 0.1) is 6.61 Å². The summed E-state index contributed by atoms with van der Waals surface area (Å²) < 4.78 is 30.0. The molecular weight excluding hydrogens is 200 g/mol. The Balaban J connectivity index is 2.21. The Morgan fingerprint density at radius 2 is 2.46 bits per heavy atom. The molecule has 0 bridgehead atoms. The van der Waals surface area contributed by atoms with Crippen molar-refractivity contribution in [1.29, 1.82) is 0 Å². The maximum absolute atomic E-state index is 11.6. The first-order valence-electron chi connectivity index (χ1n) is 3.66. The van der Waals surface area contributed by atoms with Gasteiger partial charge in [0.1, 0.15) is 12.9 Å². The van der Waals surface area contributed by atoms with E-state index in [0.717, 1.165) is 0 Å². The summed E-state index contributed by atoms with van der Waals surface area (Å²) >= 11 is 4.83. The van der Waals surface area contributed by atoms with Crippen molar-refractivity contribution in [3.63, 3.8) is 0 Å². The van der Waals surface area contributed by atoms with Gasteiger partial charge in [-0.3, -0.25) is 5.10 Å². The summed E-state index contributed by atoms with van der Waals surface area (Å²) in [4.78, 5) is 0. The molecule has 0 atom stereocenters. The molecule has 1 aromatic rings. The lowest BCUT2D eigenvalue weighted by Crippen LogP contribution is -2.10. The molecule has 0 saturated heterocycles. The van der Waals surface area contributed by atoms with Crippen LogP contribution < -0.4 is 0 Å². The second kappa shape index (κ2) is 5.03. The van der Waals surface area contributed by atoms with Gasteiger partial charge in [0, 0.05) is 6.54 Å². The molecule has 4 nitrogen and oxygen atoms in total. The first kappa shape index (κ1) is 10.3. The van der Waals surface area contributed by atoms with Crippen LogP contribution in [0.2, 0.25) is 0 Å². The van der Waals surface area contributed by atoms with Crippen molar-refractivity contribution < 1.29 is 13.5 Å². The molecule has 13 heavy (non-hydrogen) atoms. The average molecular weight is 209 g/mol. The van der Waals surface area contributed by atoms with Crippen LogP contribution in [0.25, 0.3) is 0 Å². The van der Waals surface area contributed by atoms with Gasteiger partial charge in [-0.05, 0) is 12.2 Å². The predicted molar refractivity (Wildman–Crippen MR) is 44.2 cm³/mol. The lowest BCUT2D eigenvalue weighted by Gasteiger charge is -2.02. The zero-order valence-electron chi connectivity index (χ0n) is 6.74. The largest absolute Gasteiger partial charge is 0.374 e. The van der Waals surface area contributed by atoms with Crippen LogP contribution in [0.15, 0.2) is 6.33 Å². The highest BCUT2D eigenvalue weighted by Gasteiger charge is 2.01. The van der Waals surface area contributed by atoms with E-state index in [9.17, 15) is 8.78 Å². The molecule has 0 spiro atoms. The van der Waals surface area contributed by atoms with Gasteiger partial charge in [-0.25, -0.2) is 8.78 Å². The summed E-state index contributed by atoms with van der Waals surface area (Å²) in [5.74, 6) is 0. The van der Waals surface area contributed by atoms with Crippen LogP contribution in [-0.4, -0.2) is 34.4 Å². The molecule has 1 aromatic heterocycles. The van der Waals surface area contributed by atoms with E-state index >= 15 is 0 Å². The number of nitrogens with zero attached hydrogens (tertiary/aromatic N) is 2. The molecule has 1 rings (SSSR count). The molecule has 0 fully saturated rings. The number of alkyl halides is 2. The lowest BCUT2D eigenvalue weighted by molar-refractivity contribution is 0.0146. The van der Waals surface area contributed by atoms with Gasteiger partial charge in [-0.1, -0.05) is 0 Å². The molecule has 0 aromatic carbocycles. The van der Waals surface area contributed by atoms with Gasteiger partial charge in [-0.2, -0.15) is 5.10 Å². The fraction of sp³-hybridized carbons (Fsp3) is 0.667. The van der Waals surface area contributed by atoms with Crippen molar-refractivity contribution in [3.8, 4) is 0 Å². The number of aromatic nitrogens is 3. The predicted octanol–water partition coefficient (Wildman–Crippen LogP) is 1.22. The molecule has 0 radical (unpaired) electrons. The summed E-state index contributed by atoms with van der Waals surface area (Å²) in [6.07, 6.45) is -0.925. The second-order valence-electron chi connectivity index (χ2n) is 2.32.